The Hall–Kier alpha value is -1.89. The molecule has 0 aliphatic carbocycles. The summed E-state index contributed by atoms with van der Waals surface area (Å²) in [6, 6.07) is 2.82. The van der Waals surface area contributed by atoms with E-state index < -0.39 is 35.7 Å². The molecule has 3 nitrogen and oxygen atoms in total. The molecular formula is C15H15F4NO2. The second kappa shape index (κ2) is 5.72. The average molecular weight is 317 g/mol. The van der Waals surface area contributed by atoms with Gasteiger partial charge in [0.05, 0.1) is 0 Å². The third kappa shape index (κ3) is 2.99. The molecule has 1 aromatic carbocycles. The Morgan fingerprint density at radius 1 is 1.36 bits per heavy atom. The van der Waals surface area contributed by atoms with Crippen LogP contribution in [0.2, 0.25) is 0 Å². The first-order valence-corrected chi connectivity index (χ1v) is 6.65. The largest absolute Gasteiger partial charge is 0.425 e. The van der Waals surface area contributed by atoms with E-state index in [2.05, 4.69) is 5.32 Å². The number of hydrogen-bond acceptors (Lipinski definition) is 2. The van der Waals surface area contributed by atoms with E-state index in [-0.39, 0.29) is 11.6 Å². The van der Waals surface area contributed by atoms with Crippen LogP contribution in [-0.4, -0.2) is 18.7 Å². The first-order chi connectivity index (χ1) is 10.2. The van der Waals surface area contributed by atoms with Crippen molar-refractivity contribution >= 4 is 11.6 Å². The Morgan fingerprint density at radius 3 is 2.64 bits per heavy atom. The highest BCUT2D eigenvalue weighted by Crippen LogP contribution is 2.47. The first kappa shape index (κ1) is 16.5. The number of amides is 1. The summed E-state index contributed by atoms with van der Waals surface area (Å²) < 4.78 is 59.6. The van der Waals surface area contributed by atoms with Crippen LogP contribution in [0.4, 0.5) is 23.2 Å². The summed E-state index contributed by atoms with van der Waals surface area (Å²) in [5, 5.41) is 2.30. The molecule has 22 heavy (non-hydrogen) atoms. The normalized spacial score (nSPS) is 22.6. The van der Waals surface area contributed by atoms with Gasteiger partial charge in [-0.05, 0) is 30.2 Å². The Kier molecular flexibility index (Phi) is 4.28. The SMILES string of the molecule is CC(C)/C=C/C1(C(F)(F)F)OCC(=O)Nc2ccc(F)cc21. The van der Waals surface area contributed by atoms with E-state index in [1.165, 1.54) is 6.08 Å². The highest BCUT2D eigenvalue weighted by molar-refractivity contribution is 5.93. The van der Waals surface area contributed by atoms with Crippen LogP contribution in [0.3, 0.4) is 0 Å². The number of benzene rings is 1. The van der Waals surface area contributed by atoms with Crippen LogP contribution in [0.25, 0.3) is 0 Å². The topological polar surface area (TPSA) is 38.3 Å². The number of hydrogen-bond donors (Lipinski definition) is 1. The van der Waals surface area contributed by atoms with Crippen LogP contribution in [0.15, 0.2) is 30.4 Å². The maximum absolute atomic E-state index is 13.7. The number of alkyl halides is 3. The van der Waals surface area contributed by atoms with Gasteiger partial charge < -0.3 is 10.1 Å². The molecule has 0 saturated carbocycles. The lowest BCUT2D eigenvalue weighted by Gasteiger charge is -2.33. The van der Waals surface area contributed by atoms with E-state index in [1.807, 2.05) is 0 Å². The molecule has 1 aliphatic heterocycles. The maximum Gasteiger partial charge on any atom is 0.425 e. The van der Waals surface area contributed by atoms with E-state index in [9.17, 15) is 22.4 Å². The molecule has 120 valence electrons. The molecule has 2 rings (SSSR count). The zero-order valence-electron chi connectivity index (χ0n) is 12.0. The second-order valence-corrected chi connectivity index (χ2v) is 5.36. The van der Waals surface area contributed by atoms with Gasteiger partial charge in [-0.2, -0.15) is 13.2 Å². The van der Waals surface area contributed by atoms with Gasteiger partial charge in [0.2, 0.25) is 11.5 Å². The van der Waals surface area contributed by atoms with Crippen molar-refractivity contribution in [3.8, 4) is 0 Å². The molecule has 0 radical (unpaired) electrons. The third-order valence-electron chi connectivity index (χ3n) is 3.22. The van der Waals surface area contributed by atoms with E-state index in [1.54, 1.807) is 13.8 Å². The van der Waals surface area contributed by atoms with Gasteiger partial charge >= 0.3 is 6.18 Å². The number of carbonyl (C=O) groups excluding carboxylic acids is 1. The molecule has 1 atom stereocenters. The lowest BCUT2D eigenvalue weighted by Crippen LogP contribution is -2.43. The van der Waals surface area contributed by atoms with Crippen LogP contribution in [-0.2, 0) is 15.1 Å². The monoisotopic (exact) mass is 317 g/mol. The van der Waals surface area contributed by atoms with E-state index in [0.29, 0.717) is 0 Å². The van der Waals surface area contributed by atoms with Crippen LogP contribution in [0.5, 0.6) is 0 Å². The zero-order chi connectivity index (χ0) is 16.5. The van der Waals surface area contributed by atoms with Gasteiger partial charge in [-0.3, -0.25) is 4.79 Å². The molecule has 1 aliphatic rings. The van der Waals surface area contributed by atoms with Crippen LogP contribution < -0.4 is 5.32 Å². The smallest absolute Gasteiger partial charge is 0.347 e. The van der Waals surface area contributed by atoms with Crippen molar-refractivity contribution in [2.24, 2.45) is 5.92 Å². The predicted octanol–water partition coefficient (Wildman–Crippen LogP) is 3.76. The Bertz CT molecular complexity index is 610. The van der Waals surface area contributed by atoms with Crippen molar-refractivity contribution in [3.05, 3.63) is 41.7 Å². The number of anilines is 1. The summed E-state index contributed by atoms with van der Waals surface area (Å²) in [6.07, 6.45) is -2.69. The third-order valence-corrected chi connectivity index (χ3v) is 3.22. The van der Waals surface area contributed by atoms with Crippen molar-refractivity contribution in [1.82, 2.24) is 0 Å². The number of carbonyl (C=O) groups is 1. The molecule has 0 bridgehead atoms. The second-order valence-electron chi connectivity index (χ2n) is 5.36. The summed E-state index contributed by atoms with van der Waals surface area (Å²) >= 11 is 0. The number of nitrogens with one attached hydrogen (secondary N) is 1. The summed E-state index contributed by atoms with van der Waals surface area (Å²) in [4.78, 5) is 11.6. The Balaban J connectivity index is 2.72. The molecule has 0 aromatic heterocycles. The highest BCUT2D eigenvalue weighted by Gasteiger charge is 2.58. The van der Waals surface area contributed by atoms with E-state index in [4.69, 9.17) is 4.74 Å². The van der Waals surface area contributed by atoms with Gasteiger partial charge in [-0.25, -0.2) is 4.39 Å². The van der Waals surface area contributed by atoms with Gasteiger partial charge in [0.25, 0.3) is 0 Å². The number of allylic oxidation sites excluding steroid dienone is 1. The van der Waals surface area contributed by atoms with Crippen LogP contribution in [0, 0.1) is 11.7 Å². The fourth-order valence-electron chi connectivity index (χ4n) is 2.17. The number of rotatable bonds is 2. The molecule has 7 heteroatoms. The standard InChI is InChI=1S/C15H15F4NO2/c1-9(2)5-6-14(15(17,18)19)11-7-10(16)3-4-12(11)20-13(21)8-22-14/h3-7,9H,8H2,1-2H3,(H,20,21)/b6-5+. The predicted molar refractivity (Wildman–Crippen MR) is 72.7 cm³/mol. The van der Waals surface area contributed by atoms with Gasteiger partial charge in [0.1, 0.15) is 12.4 Å². The molecular weight excluding hydrogens is 302 g/mol. The molecule has 1 N–H and O–H groups in total. The molecule has 1 amide bonds. The summed E-state index contributed by atoms with van der Waals surface area (Å²) in [5.41, 5.74) is -3.45. The average Bonchev–Trinajstić information content (AvgIpc) is 2.53. The molecule has 0 fully saturated rings. The summed E-state index contributed by atoms with van der Waals surface area (Å²) in [6.45, 7) is 2.62. The number of fused-ring (bicyclic) bond motifs is 1. The molecule has 0 spiro atoms. The Morgan fingerprint density at radius 2 is 2.05 bits per heavy atom. The lowest BCUT2D eigenvalue weighted by molar-refractivity contribution is -0.260. The fraction of sp³-hybridized carbons (Fsp3) is 0.400. The minimum Gasteiger partial charge on any atom is -0.347 e. The summed E-state index contributed by atoms with van der Waals surface area (Å²) in [7, 11) is 0. The lowest BCUT2D eigenvalue weighted by atomic mass is 9.89. The zero-order valence-corrected chi connectivity index (χ0v) is 12.0. The van der Waals surface area contributed by atoms with Gasteiger partial charge in [-0.1, -0.05) is 19.9 Å². The quantitative estimate of drug-likeness (QED) is 0.666. The highest BCUT2D eigenvalue weighted by atomic mass is 19.4. The van der Waals surface area contributed by atoms with Crippen molar-refractivity contribution in [3.63, 3.8) is 0 Å². The summed E-state index contributed by atoms with van der Waals surface area (Å²) in [5.74, 6) is -1.74. The van der Waals surface area contributed by atoms with E-state index in [0.717, 1.165) is 24.3 Å². The van der Waals surface area contributed by atoms with Gasteiger partial charge in [0, 0.05) is 11.3 Å². The van der Waals surface area contributed by atoms with Gasteiger partial charge in [0.15, 0.2) is 0 Å². The van der Waals surface area contributed by atoms with Crippen LogP contribution >= 0.6 is 0 Å². The van der Waals surface area contributed by atoms with Crippen LogP contribution in [0.1, 0.15) is 19.4 Å². The molecule has 1 aromatic rings. The van der Waals surface area contributed by atoms with Crippen molar-refractivity contribution < 1.29 is 27.1 Å². The molecule has 1 unspecified atom stereocenters. The maximum atomic E-state index is 13.7. The van der Waals surface area contributed by atoms with Gasteiger partial charge in [-0.15, -0.1) is 0 Å². The molecule has 1 heterocycles. The Labute approximate surface area is 125 Å². The van der Waals surface area contributed by atoms with E-state index >= 15 is 0 Å². The minimum absolute atomic E-state index is 0.116. The minimum atomic E-state index is -4.85. The first-order valence-electron chi connectivity index (χ1n) is 6.65. The number of ether oxygens (including phenoxy) is 1. The molecule has 0 saturated heterocycles. The van der Waals surface area contributed by atoms with Crippen molar-refractivity contribution in [2.45, 2.75) is 25.6 Å². The van der Waals surface area contributed by atoms with Crippen molar-refractivity contribution in [2.75, 3.05) is 11.9 Å². The van der Waals surface area contributed by atoms with Crippen molar-refractivity contribution in [1.29, 1.82) is 0 Å². The number of halogens is 4. The fourth-order valence-corrected chi connectivity index (χ4v) is 2.17.